The van der Waals surface area contributed by atoms with Gasteiger partial charge in [-0.1, -0.05) is 54.1 Å². The van der Waals surface area contributed by atoms with Gasteiger partial charge in [0.25, 0.3) is 0 Å². The molecule has 0 unspecified atom stereocenters. The van der Waals surface area contributed by atoms with Gasteiger partial charge in [-0.25, -0.2) is 0 Å². The average Bonchev–Trinajstić information content (AvgIpc) is 2.51. The van der Waals surface area contributed by atoms with Gasteiger partial charge in [-0.3, -0.25) is 4.79 Å². The van der Waals surface area contributed by atoms with Gasteiger partial charge in [-0.2, -0.15) is 0 Å². The summed E-state index contributed by atoms with van der Waals surface area (Å²) in [5, 5.41) is 3.91. The maximum atomic E-state index is 11.9. The van der Waals surface area contributed by atoms with Crippen molar-refractivity contribution in [1.29, 1.82) is 0 Å². The van der Waals surface area contributed by atoms with Crippen LogP contribution in [0.15, 0.2) is 54.6 Å². The summed E-state index contributed by atoms with van der Waals surface area (Å²) in [6.07, 6.45) is 0. The zero-order valence-corrected chi connectivity index (χ0v) is 13.5. The molecule has 0 fully saturated rings. The molecule has 0 bridgehead atoms. The first-order chi connectivity index (χ1) is 10.1. The molecule has 0 saturated carbocycles. The molecule has 2 nitrogen and oxygen atoms in total. The van der Waals surface area contributed by atoms with Gasteiger partial charge in [0.2, 0.25) is 5.91 Å². The summed E-state index contributed by atoms with van der Waals surface area (Å²) in [5.74, 6) is 0.499. The number of thioether (sulfide) groups is 1. The number of amides is 1. The number of carbonyl (C=O) groups excluding carboxylic acids is 1. The minimum absolute atomic E-state index is 0.0442. The molecular formula is C17H18ClNOS. The Morgan fingerprint density at radius 1 is 1.19 bits per heavy atom. The van der Waals surface area contributed by atoms with Crippen LogP contribution in [-0.2, 0) is 11.3 Å². The molecule has 2 aromatic rings. The van der Waals surface area contributed by atoms with E-state index in [1.54, 1.807) is 11.8 Å². The maximum Gasteiger partial charge on any atom is 0.230 e. The van der Waals surface area contributed by atoms with Crippen LogP contribution in [0.2, 0.25) is 5.02 Å². The van der Waals surface area contributed by atoms with Gasteiger partial charge in [0, 0.05) is 16.8 Å². The molecule has 0 aromatic heterocycles. The molecule has 0 aliphatic heterocycles. The maximum absolute atomic E-state index is 11.9. The third-order valence-electron chi connectivity index (χ3n) is 3.11. The molecule has 110 valence electrons. The van der Waals surface area contributed by atoms with Gasteiger partial charge in [0.05, 0.1) is 5.75 Å². The summed E-state index contributed by atoms with van der Waals surface area (Å²) in [6.45, 7) is 2.63. The minimum atomic E-state index is 0.0442. The Hall–Kier alpha value is -1.45. The Bertz CT molecular complexity index is 588. The van der Waals surface area contributed by atoms with E-state index in [9.17, 15) is 4.79 Å². The second-order valence-electron chi connectivity index (χ2n) is 4.77. The average molecular weight is 320 g/mol. The highest BCUT2D eigenvalue weighted by molar-refractivity contribution is 8.00. The highest BCUT2D eigenvalue weighted by Gasteiger charge is 2.08. The van der Waals surface area contributed by atoms with E-state index in [1.165, 1.54) is 5.56 Å². The van der Waals surface area contributed by atoms with Crippen molar-refractivity contribution in [2.45, 2.75) is 18.7 Å². The standard InChI is InChI=1S/C17H18ClNOS/c1-13(15-7-3-2-4-8-15)21-12-17(20)19-11-14-6-5-9-16(18)10-14/h2-10,13H,11-12H2,1H3,(H,19,20)/t13-/m0/s1. The first-order valence-electron chi connectivity index (χ1n) is 6.83. The topological polar surface area (TPSA) is 29.1 Å². The molecule has 0 radical (unpaired) electrons. The molecule has 2 aromatic carbocycles. The zero-order valence-electron chi connectivity index (χ0n) is 11.9. The number of benzene rings is 2. The molecule has 0 spiro atoms. The number of carbonyl (C=O) groups is 1. The van der Waals surface area contributed by atoms with Crippen molar-refractivity contribution in [2.24, 2.45) is 0 Å². The molecule has 0 aliphatic rings. The van der Waals surface area contributed by atoms with Crippen molar-refractivity contribution in [3.05, 3.63) is 70.7 Å². The fourth-order valence-corrected chi connectivity index (χ4v) is 2.99. The number of halogens is 1. The van der Waals surface area contributed by atoms with Gasteiger partial charge >= 0.3 is 0 Å². The lowest BCUT2D eigenvalue weighted by atomic mass is 10.2. The monoisotopic (exact) mass is 319 g/mol. The Balaban J connectivity index is 1.75. The lowest BCUT2D eigenvalue weighted by Gasteiger charge is -2.11. The summed E-state index contributed by atoms with van der Waals surface area (Å²) in [4.78, 5) is 11.9. The van der Waals surface area contributed by atoms with Crippen LogP contribution in [0.4, 0.5) is 0 Å². The molecule has 1 N–H and O–H groups in total. The summed E-state index contributed by atoms with van der Waals surface area (Å²) >= 11 is 7.55. The second-order valence-corrected chi connectivity index (χ2v) is 6.54. The van der Waals surface area contributed by atoms with Gasteiger partial charge in [-0.15, -0.1) is 11.8 Å². The van der Waals surface area contributed by atoms with Crippen molar-refractivity contribution in [1.82, 2.24) is 5.32 Å². The third kappa shape index (κ3) is 5.44. The van der Waals surface area contributed by atoms with E-state index in [1.807, 2.05) is 42.5 Å². The summed E-state index contributed by atoms with van der Waals surface area (Å²) < 4.78 is 0. The first kappa shape index (κ1) is 15.9. The van der Waals surface area contributed by atoms with E-state index in [2.05, 4.69) is 24.4 Å². The first-order valence-corrected chi connectivity index (χ1v) is 8.25. The van der Waals surface area contributed by atoms with Gasteiger partial charge in [0.1, 0.15) is 0 Å². The van der Waals surface area contributed by atoms with Crippen LogP contribution >= 0.6 is 23.4 Å². The Morgan fingerprint density at radius 3 is 2.67 bits per heavy atom. The van der Waals surface area contributed by atoms with E-state index in [0.29, 0.717) is 22.6 Å². The van der Waals surface area contributed by atoms with Crippen molar-refractivity contribution in [2.75, 3.05) is 5.75 Å². The van der Waals surface area contributed by atoms with Crippen molar-refractivity contribution in [3.63, 3.8) is 0 Å². The number of nitrogens with one attached hydrogen (secondary N) is 1. The molecule has 0 heterocycles. The zero-order chi connectivity index (χ0) is 15.1. The number of hydrogen-bond donors (Lipinski definition) is 1. The molecule has 0 aliphatic carbocycles. The SMILES string of the molecule is C[C@H](SCC(=O)NCc1cccc(Cl)c1)c1ccccc1. The van der Waals surface area contributed by atoms with E-state index in [4.69, 9.17) is 11.6 Å². The molecule has 0 saturated heterocycles. The summed E-state index contributed by atoms with van der Waals surface area (Å²) in [6, 6.07) is 17.7. The molecule has 2 rings (SSSR count). The molecule has 1 atom stereocenters. The summed E-state index contributed by atoms with van der Waals surface area (Å²) in [5.41, 5.74) is 2.25. The van der Waals surface area contributed by atoms with Crippen LogP contribution in [0, 0.1) is 0 Å². The Kier molecular flexibility index (Phi) is 6.15. The number of rotatable bonds is 6. The van der Waals surface area contributed by atoms with E-state index < -0.39 is 0 Å². The fraction of sp³-hybridized carbons (Fsp3) is 0.235. The highest BCUT2D eigenvalue weighted by atomic mass is 35.5. The van der Waals surface area contributed by atoms with Crippen LogP contribution in [0.25, 0.3) is 0 Å². The quantitative estimate of drug-likeness (QED) is 0.852. The van der Waals surface area contributed by atoms with E-state index in [-0.39, 0.29) is 5.91 Å². The van der Waals surface area contributed by atoms with E-state index >= 15 is 0 Å². The van der Waals surface area contributed by atoms with Gasteiger partial charge in [0.15, 0.2) is 0 Å². The van der Waals surface area contributed by atoms with Crippen LogP contribution in [0.5, 0.6) is 0 Å². The molecule has 1 amide bonds. The van der Waals surface area contributed by atoms with E-state index in [0.717, 1.165) is 5.56 Å². The molecular weight excluding hydrogens is 302 g/mol. The Labute approximate surface area is 134 Å². The van der Waals surface area contributed by atoms with Gasteiger partial charge < -0.3 is 5.32 Å². The van der Waals surface area contributed by atoms with Crippen molar-refractivity contribution >= 4 is 29.3 Å². The second kappa shape index (κ2) is 8.11. The lowest BCUT2D eigenvalue weighted by Crippen LogP contribution is -2.24. The predicted octanol–water partition coefficient (Wildman–Crippen LogP) is 4.45. The normalized spacial score (nSPS) is 11.9. The third-order valence-corrected chi connectivity index (χ3v) is 4.55. The number of hydrogen-bond acceptors (Lipinski definition) is 2. The highest BCUT2D eigenvalue weighted by Crippen LogP contribution is 2.27. The molecule has 4 heteroatoms. The van der Waals surface area contributed by atoms with Crippen LogP contribution in [0.3, 0.4) is 0 Å². The molecule has 21 heavy (non-hydrogen) atoms. The van der Waals surface area contributed by atoms with Gasteiger partial charge in [-0.05, 0) is 30.2 Å². The largest absolute Gasteiger partial charge is 0.351 e. The predicted molar refractivity (Wildman–Crippen MR) is 90.6 cm³/mol. The fourth-order valence-electron chi connectivity index (χ4n) is 1.92. The van der Waals surface area contributed by atoms with Crippen LogP contribution in [0.1, 0.15) is 23.3 Å². The smallest absolute Gasteiger partial charge is 0.230 e. The lowest BCUT2D eigenvalue weighted by molar-refractivity contribution is -0.118. The summed E-state index contributed by atoms with van der Waals surface area (Å²) in [7, 11) is 0. The van der Waals surface area contributed by atoms with Crippen LogP contribution < -0.4 is 5.32 Å². The van der Waals surface area contributed by atoms with Crippen molar-refractivity contribution < 1.29 is 4.79 Å². The minimum Gasteiger partial charge on any atom is -0.351 e. The van der Waals surface area contributed by atoms with Crippen LogP contribution in [-0.4, -0.2) is 11.7 Å². The Morgan fingerprint density at radius 2 is 1.95 bits per heavy atom. The van der Waals surface area contributed by atoms with Crippen molar-refractivity contribution in [3.8, 4) is 0 Å².